The maximum Gasteiger partial charge on any atom is 0.138 e. The number of hydrogen-bond donors (Lipinski definition) is 0. The van der Waals surface area contributed by atoms with Crippen LogP contribution in [0.5, 0.6) is 0 Å². The Morgan fingerprint density at radius 3 is 2.29 bits per heavy atom. The number of rotatable bonds is 3. The zero-order chi connectivity index (χ0) is 16.4. The first-order chi connectivity index (χ1) is 11.8. The summed E-state index contributed by atoms with van der Waals surface area (Å²) in [5, 5.41) is 0.704. The molecule has 3 aromatic carbocycles. The lowest BCUT2D eigenvalue weighted by atomic mass is 10.2. The van der Waals surface area contributed by atoms with Gasteiger partial charge in [0.2, 0.25) is 0 Å². The Bertz CT molecular complexity index is 1020. The van der Waals surface area contributed by atoms with Gasteiger partial charge in [0.1, 0.15) is 5.82 Å². The van der Waals surface area contributed by atoms with E-state index < -0.39 is 0 Å². The minimum absolute atomic E-state index is 0.704. The zero-order valence-corrected chi connectivity index (χ0v) is 13.7. The number of imidazole rings is 1. The Balaban J connectivity index is 1.91. The van der Waals surface area contributed by atoms with Gasteiger partial charge < -0.3 is 0 Å². The second-order valence-electron chi connectivity index (χ2n) is 5.49. The first-order valence-electron chi connectivity index (χ1n) is 7.78. The summed E-state index contributed by atoms with van der Waals surface area (Å²) < 4.78 is 2.09. The number of benzene rings is 3. The van der Waals surface area contributed by atoms with Gasteiger partial charge in [-0.2, -0.15) is 0 Å². The minimum atomic E-state index is 0.704. The number of hydrogen-bond acceptors (Lipinski definition) is 1. The number of para-hydroxylation sites is 3. The average molecular weight is 331 g/mol. The predicted molar refractivity (Wildman–Crippen MR) is 101 cm³/mol. The van der Waals surface area contributed by atoms with Crippen LogP contribution in [0, 0.1) is 0 Å². The SMILES string of the molecule is Clc1ccccc1-n1c(C=Cc2ccccc2)nc2ccccc21. The van der Waals surface area contributed by atoms with E-state index in [-0.39, 0.29) is 0 Å². The molecule has 1 heterocycles. The van der Waals surface area contributed by atoms with E-state index in [9.17, 15) is 0 Å². The van der Waals surface area contributed by atoms with Gasteiger partial charge in [-0.3, -0.25) is 4.57 Å². The van der Waals surface area contributed by atoms with E-state index in [0.29, 0.717) is 5.02 Å². The van der Waals surface area contributed by atoms with Crippen molar-refractivity contribution in [3.8, 4) is 5.69 Å². The molecule has 0 fully saturated rings. The molecule has 0 bridgehead atoms. The molecule has 0 amide bonds. The molecule has 0 N–H and O–H groups in total. The maximum absolute atomic E-state index is 6.43. The summed E-state index contributed by atoms with van der Waals surface area (Å²) in [6.45, 7) is 0. The predicted octanol–water partition coefficient (Wildman–Crippen LogP) is 5.85. The summed E-state index contributed by atoms with van der Waals surface area (Å²) in [7, 11) is 0. The maximum atomic E-state index is 6.43. The summed E-state index contributed by atoms with van der Waals surface area (Å²) in [5.41, 5.74) is 4.05. The first-order valence-corrected chi connectivity index (χ1v) is 8.16. The Kier molecular flexibility index (Phi) is 3.89. The Hall–Kier alpha value is -2.84. The highest BCUT2D eigenvalue weighted by Gasteiger charge is 2.12. The highest BCUT2D eigenvalue weighted by atomic mass is 35.5. The normalized spacial score (nSPS) is 11.4. The molecule has 0 spiro atoms. The molecule has 0 unspecified atom stereocenters. The number of halogens is 1. The number of nitrogens with zero attached hydrogens (tertiary/aromatic N) is 2. The van der Waals surface area contributed by atoms with Crippen LogP contribution in [-0.2, 0) is 0 Å². The fraction of sp³-hybridized carbons (Fsp3) is 0. The highest BCUT2D eigenvalue weighted by molar-refractivity contribution is 6.32. The van der Waals surface area contributed by atoms with Crippen LogP contribution in [0.15, 0.2) is 78.9 Å². The van der Waals surface area contributed by atoms with Crippen molar-refractivity contribution in [1.82, 2.24) is 9.55 Å². The van der Waals surface area contributed by atoms with Gasteiger partial charge in [0, 0.05) is 0 Å². The van der Waals surface area contributed by atoms with Crippen LogP contribution >= 0.6 is 11.6 Å². The minimum Gasteiger partial charge on any atom is -0.291 e. The fourth-order valence-corrected chi connectivity index (χ4v) is 3.00. The summed E-state index contributed by atoms with van der Waals surface area (Å²) in [4.78, 5) is 4.76. The Morgan fingerprint density at radius 1 is 0.750 bits per heavy atom. The van der Waals surface area contributed by atoms with Crippen molar-refractivity contribution in [2.75, 3.05) is 0 Å². The lowest BCUT2D eigenvalue weighted by Crippen LogP contribution is -1.97. The lowest BCUT2D eigenvalue weighted by molar-refractivity contribution is 1.07. The quantitative estimate of drug-likeness (QED) is 0.460. The third-order valence-corrected chi connectivity index (χ3v) is 4.22. The van der Waals surface area contributed by atoms with Gasteiger partial charge in [-0.05, 0) is 35.9 Å². The molecule has 116 valence electrons. The van der Waals surface area contributed by atoms with Gasteiger partial charge in [0.05, 0.1) is 21.7 Å². The molecule has 0 aliphatic carbocycles. The summed E-state index contributed by atoms with van der Waals surface area (Å²) in [6, 6.07) is 26.1. The second-order valence-corrected chi connectivity index (χ2v) is 5.90. The smallest absolute Gasteiger partial charge is 0.138 e. The fourth-order valence-electron chi connectivity index (χ4n) is 2.78. The first kappa shape index (κ1) is 14.7. The van der Waals surface area contributed by atoms with Gasteiger partial charge in [-0.15, -0.1) is 0 Å². The third-order valence-electron chi connectivity index (χ3n) is 3.90. The van der Waals surface area contributed by atoms with Crippen LogP contribution in [0.2, 0.25) is 5.02 Å². The Labute approximate surface area is 145 Å². The van der Waals surface area contributed by atoms with Crippen LogP contribution in [0.4, 0.5) is 0 Å². The average Bonchev–Trinajstić information content (AvgIpc) is 2.99. The number of fused-ring (bicyclic) bond motifs is 1. The van der Waals surface area contributed by atoms with E-state index in [4.69, 9.17) is 16.6 Å². The summed E-state index contributed by atoms with van der Waals surface area (Å²) in [5.74, 6) is 0.855. The molecule has 4 rings (SSSR count). The largest absolute Gasteiger partial charge is 0.291 e. The third kappa shape index (κ3) is 2.72. The monoisotopic (exact) mass is 330 g/mol. The molecule has 0 atom stereocenters. The van der Waals surface area contributed by atoms with E-state index in [1.54, 1.807) is 0 Å². The van der Waals surface area contributed by atoms with Crippen LogP contribution in [0.3, 0.4) is 0 Å². The van der Waals surface area contributed by atoms with E-state index in [1.807, 2.05) is 66.7 Å². The molecule has 0 aliphatic rings. The molecule has 0 aliphatic heterocycles. The van der Waals surface area contributed by atoms with Crippen molar-refractivity contribution in [1.29, 1.82) is 0 Å². The van der Waals surface area contributed by atoms with Gasteiger partial charge in [-0.1, -0.05) is 72.3 Å². The molecular formula is C21H15ClN2. The molecular weight excluding hydrogens is 316 g/mol. The molecule has 2 nitrogen and oxygen atoms in total. The lowest BCUT2D eigenvalue weighted by Gasteiger charge is -2.09. The van der Waals surface area contributed by atoms with Crippen LogP contribution in [0.1, 0.15) is 11.4 Å². The molecule has 0 saturated heterocycles. The van der Waals surface area contributed by atoms with Crippen molar-refractivity contribution < 1.29 is 0 Å². The van der Waals surface area contributed by atoms with Gasteiger partial charge >= 0.3 is 0 Å². The molecule has 0 radical (unpaired) electrons. The summed E-state index contributed by atoms with van der Waals surface area (Å²) >= 11 is 6.43. The van der Waals surface area contributed by atoms with Crippen molar-refractivity contribution in [2.45, 2.75) is 0 Å². The van der Waals surface area contributed by atoms with Crippen molar-refractivity contribution in [3.63, 3.8) is 0 Å². The van der Waals surface area contributed by atoms with Crippen LogP contribution in [0.25, 0.3) is 28.9 Å². The summed E-state index contributed by atoms with van der Waals surface area (Å²) in [6.07, 6.45) is 4.09. The second kappa shape index (κ2) is 6.34. The van der Waals surface area contributed by atoms with E-state index >= 15 is 0 Å². The van der Waals surface area contributed by atoms with Gasteiger partial charge in [0.25, 0.3) is 0 Å². The topological polar surface area (TPSA) is 17.8 Å². The van der Waals surface area contributed by atoms with Gasteiger partial charge in [0.15, 0.2) is 0 Å². The van der Waals surface area contributed by atoms with E-state index in [2.05, 4.69) is 28.8 Å². The van der Waals surface area contributed by atoms with Crippen molar-refractivity contribution in [3.05, 3.63) is 95.3 Å². The van der Waals surface area contributed by atoms with E-state index in [0.717, 1.165) is 28.1 Å². The standard InChI is InChI=1S/C21H15ClN2/c22-17-10-4-6-12-19(17)24-20-13-7-5-11-18(20)23-21(24)15-14-16-8-2-1-3-9-16/h1-15H. The molecule has 1 aromatic heterocycles. The molecule has 0 saturated carbocycles. The zero-order valence-electron chi connectivity index (χ0n) is 12.9. The highest BCUT2D eigenvalue weighted by Crippen LogP contribution is 2.27. The molecule has 4 aromatic rings. The Morgan fingerprint density at radius 2 is 1.46 bits per heavy atom. The van der Waals surface area contributed by atoms with Crippen molar-refractivity contribution in [2.24, 2.45) is 0 Å². The molecule has 3 heteroatoms. The van der Waals surface area contributed by atoms with Crippen LogP contribution in [-0.4, -0.2) is 9.55 Å². The molecule has 24 heavy (non-hydrogen) atoms. The van der Waals surface area contributed by atoms with Crippen molar-refractivity contribution >= 4 is 34.8 Å². The van der Waals surface area contributed by atoms with E-state index in [1.165, 1.54) is 0 Å². The van der Waals surface area contributed by atoms with Crippen LogP contribution < -0.4 is 0 Å². The van der Waals surface area contributed by atoms with Gasteiger partial charge in [-0.25, -0.2) is 4.98 Å². The number of aromatic nitrogens is 2.